The van der Waals surface area contributed by atoms with Crippen LogP contribution in [0, 0.1) is 0 Å². The minimum atomic E-state index is -2.23. The first kappa shape index (κ1) is 8.71. The molecule has 0 spiro atoms. The lowest BCUT2D eigenvalue weighted by atomic mass is 9.95. The Bertz CT molecular complexity index is 430. The number of anilines is 1. The average Bonchev–Trinajstić information content (AvgIpc) is 2.41. The number of nitrogens with one attached hydrogen (secondary N) is 1. The number of para-hydroxylation sites is 1. The number of rotatable bonds is 1. The van der Waals surface area contributed by atoms with E-state index in [2.05, 4.69) is 5.32 Å². The predicted molar refractivity (Wildman–Crippen MR) is 48.2 cm³/mol. The van der Waals surface area contributed by atoms with Crippen molar-refractivity contribution >= 4 is 17.5 Å². The van der Waals surface area contributed by atoms with E-state index in [1.165, 1.54) is 6.07 Å². The summed E-state index contributed by atoms with van der Waals surface area (Å²) in [6, 6.07) is 6.38. The van der Waals surface area contributed by atoms with Gasteiger partial charge in [-0.2, -0.15) is 0 Å². The zero-order chi connectivity index (χ0) is 10.3. The van der Waals surface area contributed by atoms with Crippen molar-refractivity contribution in [3.63, 3.8) is 0 Å². The lowest BCUT2D eigenvalue weighted by Gasteiger charge is -2.15. The summed E-state index contributed by atoms with van der Waals surface area (Å²) < 4.78 is 0. The van der Waals surface area contributed by atoms with Crippen LogP contribution < -0.4 is 11.1 Å². The number of carbonyl (C=O) groups excluding carboxylic acids is 2. The van der Waals surface area contributed by atoms with E-state index in [4.69, 9.17) is 5.73 Å². The fourth-order valence-corrected chi connectivity index (χ4v) is 1.49. The summed E-state index contributed by atoms with van der Waals surface area (Å²) in [7, 11) is 0. The minimum absolute atomic E-state index is 0.206. The smallest absolute Gasteiger partial charge is 0.271 e. The highest BCUT2D eigenvalue weighted by atomic mass is 16.3. The van der Waals surface area contributed by atoms with Gasteiger partial charge in [0.05, 0.1) is 0 Å². The number of fused-ring (bicyclic) bond motifs is 1. The molecule has 0 aliphatic carbocycles. The van der Waals surface area contributed by atoms with E-state index < -0.39 is 17.4 Å². The summed E-state index contributed by atoms with van der Waals surface area (Å²) >= 11 is 0. The largest absolute Gasteiger partial charge is 0.368 e. The zero-order valence-electron chi connectivity index (χ0n) is 7.15. The predicted octanol–water partition coefficient (Wildman–Crippen LogP) is -0.688. The Kier molecular flexibility index (Phi) is 1.59. The Hall–Kier alpha value is -1.88. The lowest BCUT2D eigenvalue weighted by Crippen LogP contribution is -2.46. The molecule has 0 radical (unpaired) electrons. The highest BCUT2D eigenvalue weighted by Gasteiger charge is 2.50. The summed E-state index contributed by atoms with van der Waals surface area (Å²) in [5.41, 5.74) is 3.38. The van der Waals surface area contributed by atoms with Crippen molar-refractivity contribution in [1.82, 2.24) is 0 Å². The van der Waals surface area contributed by atoms with Gasteiger partial charge in [-0.25, -0.2) is 0 Å². The molecule has 1 heterocycles. The summed E-state index contributed by atoms with van der Waals surface area (Å²) in [5.74, 6) is -1.87. The topological polar surface area (TPSA) is 92.4 Å². The van der Waals surface area contributed by atoms with Crippen LogP contribution in [0.3, 0.4) is 0 Å². The molecule has 0 fully saturated rings. The molecule has 0 saturated heterocycles. The van der Waals surface area contributed by atoms with Gasteiger partial charge in [-0.1, -0.05) is 18.2 Å². The molecule has 1 aromatic carbocycles. The molecule has 1 aliphatic rings. The van der Waals surface area contributed by atoms with Crippen LogP contribution in [0.1, 0.15) is 5.56 Å². The van der Waals surface area contributed by atoms with Gasteiger partial charge in [0.15, 0.2) is 0 Å². The van der Waals surface area contributed by atoms with Gasteiger partial charge in [0.25, 0.3) is 11.8 Å². The van der Waals surface area contributed by atoms with Crippen molar-refractivity contribution in [2.24, 2.45) is 5.73 Å². The van der Waals surface area contributed by atoms with E-state index in [9.17, 15) is 14.7 Å². The molecule has 14 heavy (non-hydrogen) atoms. The second-order valence-electron chi connectivity index (χ2n) is 3.07. The van der Waals surface area contributed by atoms with Crippen LogP contribution in [0.5, 0.6) is 0 Å². The van der Waals surface area contributed by atoms with Crippen LogP contribution in [0.2, 0.25) is 0 Å². The van der Waals surface area contributed by atoms with Gasteiger partial charge >= 0.3 is 0 Å². The van der Waals surface area contributed by atoms with Crippen LogP contribution in [-0.4, -0.2) is 16.9 Å². The molecule has 5 heteroatoms. The number of amides is 2. The third kappa shape index (κ3) is 0.869. The molecule has 0 saturated carbocycles. The molecule has 0 bridgehead atoms. The van der Waals surface area contributed by atoms with Gasteiger partial charge in [0, 0.05) is 11.3 Å². The van der Waals surface area contributed by atoms with Gasteiger partial charge < -0.3 is 16.2 Å². The van der Waals surface area contributed by atoms with Crippen molar-refractivity contribution in [3.8, 4) is 0 Å². The summed E-state index contributed by atoms with van der Waals surface area (Å²) in [6.07, 6.45) is 0. The van der Waals surface area contributed by atoms with Crippen molar-refractivity contribution in [1.29, 1.82) is 0 Å². The third-order valence-corrected chi connectivity index (χ3v) is 2.25. The maximum absolute atomic E-state index is 11.3. The molecule has 2 rings (SSSR count). The Morgan fingerprint density at radius 3 is 2.71 bits per heavy atom. The van der Waals surface area contributed by atoms with E-state index in [0.717, 1.165) is 0 Å². The number of nitrogens with two attached hydrogens (primary N) is 1. The van der Waals surface area contributed by atoms with E-state index >= 15 is 0 Å². The summed E-state index contributed by atoms with van der Waals surface area (Å²) in [5, 5.41) is 12.2. The SMILES string of the molecule is NC(=O)C1(O)C(=O)Nc2ccccc21. The Labute approximate surface area is 79.5 Å². The molecule has 72 valence electrons. The lowest BCUT2D eigenvalue weighted by molar-refractivity contribution is -0.148. The van der Waals surface area contributed by atoms with Crippen molar-refractivity contribution in [2.45, 2.75) is 5.60 Å². The highest BCUT2D eigenvalue weighted by Crippen LogP contribution is 2.35. The second kappa shape index (κ2) is 2.55. The monoisotopic (exact) mass is 192 g/mol. The molecule has 4 N–H and O–H groups in total. The number of hydrogen-bond acceptors (Lipinski definition) is 3. The maximum Gasteiger partial charge on any atom is 0.271 e. The third-order valence-electron chi connectivity index (χ3n) is 2.25. The molecule has 5 nitrogen and oxygen atoms in total. The number of primary amides is 1. The van der Waals surface area contributed by atoms with Crippen LogP contribution >= 0.6 is 0 Å². The first-order chi connectivity index (χ1) is 6.56. The van der Waals surface area contributed by atoms with E-state index in [1.54, 1.807) is 18.2 Å². The molecular formula is C9H8N2O3. The number of aliphatic hydroxyl groups is 1. The fraction of sp³-hybridized carbons (Fsp3) is 0.111. The molecule has 2 amide bonds. The molecule has 1 atom stereocenters. The highest BCUT2D eigenvalue weighted by molar-refractivity contribution is 6.18. The van der Waals surface area contributed by atoms with Gasteiger partial charge in [-0.15, -0.1) is 0 Å². The molecular weight excluding hydrogens is 184 g/mol. The normalized spacial score (nSPS) is 24.2. The standard InChI is InChI=1S/C9H8N2O3/c10-7(12)9(14)5-3-1-2-4-6(5)11-8(9)13/h1-4,14H,(H2,10,12)(H,11,13). The van der Waals surface area contributed by atoms with Crippen molar-refractivity contribution in [3.05, 3.63) is 29.8 Å². The summed E-state index contributed by atoms with van der Waals surface area (Å²) in [4.78, 5) is 22.3. The number of carbonyl (C=O) groups is 2. The first-order valence-corrected chi connectivity index (χ1v) is 4.00. The second-order valence-corrected chi connectivity index (χ2v) is 3.07. The maximum atomic E-state index is 11.3. The molecule has 1 aliphatic heterocycles. The average molecular weight is 192 g/mol. The Morgan fingerprint density at radius 2 is 2.07 bits per heavy atom. The van der Waals surface area contributed by atoms with Crippen LogP contribution in [0.15, 0.2) is 24.3 Å². The van der Waals surface area contributed by atoms with Gasteiger partial charge in [0.1, 0.15) is 0 Å². The summed E-state index contributed by atoms with van der Waals surface area (Å²) in [6.45, 7) is 0. The number of benzene rings is 1. The number of hydrogen-bond donors (Lipinski definition) is 3. The van der Waals surface area contributed by atoms with Crippen LogP contribution in [0.25, 0.3) is 0 Å². The van der Waals surface area contributed by atoms with Gasteiger partial charge in [-0.3, -0.25) is 9.59 Å². The van der Waals surface area contributed by atoms with E-state index in [0.29, 0.717) is 5.69 Å². The van der Waals surface area contributed by atoms with Crippen LogP contribution in [0.4, 0.5) is 5.69 Å². The minimum Gasteiger partial charge on any atom is -0.368 e. The van der Waals surface area contributed by atoms with Gasteiger partial charge in [-0.05, 0) is 6.07 Å². The van der Waals surface area contributed by atoms with E-state index in [-0.39, 0.29) is 5.56 Å². The zero-order valence-corrected chi connectivity index (χ0v) is 7.15. The Morgan fingerprint density at radius 1 is 1.43 bits per heavy atom. The molecule has 1 unspecified atom stereocenters. The Balaban J connectivity index is 2.66. The molecule has 0 aromatic heterocycles. The van der Waals surface area contributed by atoms with Crippen molar-refractivity contribution < 1.29 is 14.7 Å². The van der Waals surface area contributed by atoms with Gasteiger partial charge in [0.2, 0.25) is 5.60 Å². The molecule has 1 aromatic rings. The van der Waals surface area contributed by atoms with Crippen molar-refractivity contribution in [2.75, 3.05) is 5.32 Å². The quantitative estimate of drug-likeness (QED) is 0.514. The van der Waals surface area contributed by atoms with Crippen LogP contribution in [-0.2, 0) is 15.2 Å². The van der Waals surface area contributed by atoms with E-state index in [1.807, 2.05) is 0 Å². The first-order valence-electron chi connectivity index (χ1n) is 4.00. The fourth-order valence-electron chi connectivity index (χ4n) is 1.49.